The number of carbonyl (C=O) groups excluding carboxylic acids is 1. The second-order valence-electron chi connectivity index (χ2n) is 11.6. The van der Waals surface area contributed by atoms with Crippen LogP contribution in [0.15, 0.2) is 22.2 Å². The number of halogens is 1. The summed E-state index contributed by atoms with van der Waals surface area (Å²) in [6, 6.07) is -0.379. The first-order chi connectivity index (χ1) is 18.8. The van der Waals surface area contributed by atoms with E-state index in [2.05, 4.69) is 15.0 Å². The number of hydrogen-bond acceptors (Lipinski definition) is 14. The number of alkyl halides is 1. The van der Waals surface area contributed by atoms with Gasteiger partial charge in [0, 0.05) is 16.5 Å². The lowest BCUT2D eigenvalue weighted by Crippen LogP contribution is -2.37. The molecule has 2 heterocycles. The van der Waals surface area contributed by atoms with Gasteiger partial charge in [0.1, 0.15) is 23.1 Å². The fourth-order valence-electron chi connectivity index (χ4n) is 3.87. The number of fused-ring (bicyclic) bond motifs is 1. The van der Waals surface area contributed by atoms with Crippen molar-refractivity contribution >= 4 is 19.6 Å². The van der Waals surface area contributed by atoms with Crippen LogP contribution < -0.4 is 11.4 Å². The Morgan fingerprint density at radius 1 is 1.32 bits per heavy atom. The highest BCUT2D eigenvalue weighted by molar-refractivity contribution is 7.48. The number of hydrogen-bond donors (Lipinski definition) is 3. The molecule has 1 saturated heterocycles. The monoisotopic (exact) mass is 608 g/mol. The molecule has 0 bridgehead atoms. The lowest BCUT2D eigenvalue weighted by molar-refractivity contribution is -0.196. The van der Waals surface area contributed by atoms with Gasteiger partial charge in [-0.05, 0) is 32.4 Å². The highest BCUT2D eigenvalue weighted by Gasteiger charge is 2.88. The van der Waals surface area contributed by atoms with Crippen molar-refractivity contribution in [1.29, 1.82) is 0 Å². The molecule has 17 nitrogen and oxygen atoms in total. The second-order valence-corrected chi connectivity index (χ2v) is 13.2. The van der Waals surface area contributed by atoms with Gasteiger partial charge in [0.2, 0.25) is 6.79 Å². The normalized spacial score (nSPS) is 29.6. The molecule has 4 N–H and O–H groups in total. The SMILES string of the molecule is CC(C)(C)C(=O)OCOP(=O)(OCOC(O)C(C)(C)C)OC[C@@]12O[C@@H](n3ccc(N)nc3=O)[C@H](F)[C@@]1(O)C2N=[N+]=[N-]. The lowest BCUT2D eigenvalue weighted by atomic mass is 9.96. The van der Waals surface area contributed by atoms with Crippen LogP contribution >= 0.6 is 7.82 Å². The summed E-state index contributed by atoms with van der Waals surface area (Å²) in [5, 5.41) is 24.6. The first-order valence-corrected chi connectivity index (χ1v) is 13.7. The van der Waals surface area contributed by atoms with Crippen LogP contribution in [0.2, 0.25) is 0 Å². The predicted molar refractivity (Wildman–Crippen MR) is 136 cm³/mol. The van der Waals surface area contributed by atoms with Gasteiger partial charge < -0.3 is 30.2 Å². The van der Waals surface area contributed by atoms with Crippen molar-refractivity contribution in [3.05, 3.63) is 33.2 Å². The second kappa shape index (κ2) is 11.6. The summed E-state index contributed by atoms with van der Waals surface area (Å²) in [4.78, 5) is 30.5. The zero-order valence-corrected chi connectivity index (χ0v) is 24.2. The molecule has 2 fully saturated rings. The maximum atomic E-state index is 15.5. The van der Waals surface area contributed by atoms with Gasteiger partial charge >= 0.3 is 19.5 Å². The summed E-state index contributed by atoms with van der Waals surface area (Å²) in [6.07, 6.45) is -4.38. The number of carbonyl (C=O) groups is 1. The molecule has 19 heteroatoms. The van der Waals surface area contributed by atoms with Gasteiger partial charge in [0.05, 0.1) is 12.0 Å². The van der Waals surface area contributed by atoms with Crippen molar-refractivity contribution in [1.82, 2.24) is 9.55 Å². The number of nitrogens with zero attached hydrogens (tertiary/aromatic N) is 5. The van der Waals surface area contributed by atoms with Gasteiger partial charge in [-0.3, -0.25) is 18.4 Å². The van der Waals surface area contributed by atoms with Crippen LogP contribution in [-0.4, -0.2) is 75.6 Å². The number of phosphoric acid groups is 1. The molecule has 7 atom stereocenters. The van der Waals surface area contributed by atoms with Crippen LogP contribution in [0, 0.1) is 10.8 Å². The first-order valence-electron chi connectivity index (χ1n) is 12.3. The summed E-state index contributed by atoms with van der Waals surface area (Å²) in [7, 11) is -4.77. The average Bonchev–Trinajstić information content (AvgIpc) is 3.26. The van der Waals surface area contributed by atoms with Crippen LogP contribution in [0.1, 0.15) is 47.8 Å². The van der Waals surface area contributed by atoms with Crippen molar-refractivity contribution in [3.63, 3.8) is 0 Å². The molecule has 1 saturated carbocycles. The molecule has 3 rings (SSSR count). The third-order valence-corrected chi connectivity index (χ3v) is 7.66. The number of azide groups is 1. The molecule has 0 radical (unpaired) electrons. The number of rotatable bonds is 12. The maximum Gasteiger partial charge on any atom is 0.479 e. The Morgan fingerprint density at radius 3 is 2.51 bits per heavy atom. The van der Waals surface area contributed by atoms with E-state index in [-0.39, 0.29) is 5.82 Å². The zero-order chi connectivity index (χ0) is 31.0. The minimum atomic E-state index is -4.77. The Balaban J connectivity index is 1.82. The van der Waals surface area contributed by atoms with Gasteiger partial charge in [-0.25, -0.2) is 18.3 Å². The molecular weight excluding hydrogens is 574 g/mol. The van der Waals surface area contributed by atoms with Crippen LogP contribution in [0.3, 0.4) is 0 Å². The van der Waals surface area contributed by atoms with Crippen LogP contribution in [0.25, 0.3) is 10.4 Å². The molecule has 0 aromatic carbocycles. The highest BCUT2D eigenvalue weighted by Crippen LogP contribution is 2.66. The Hall–Kier alpha value is -2.66. The predicted octanol–water partition coefficient (Wildman–Crippen LogP) is 1.90. The molecule has 1 aliphatic heterocycles. The smallest absolute Gasteiger partial charge is 0.437 e. The molecule has 1 aromatic heterocycles. The quantitative estimate of drug-likeness (QED) is 0.0768. The molecule has 1 aromatic rings. The average molecular weight is 609 g/mol. The number of phosphoric ester groups is 1. The highest BCUT2D eigenvalue weighted by atomic mass is 31.2. The molecule has 0 spiro atoms. The summed E-state index contributed by atoms with van der Waals surface area (Å²) in [5.74, 6) is -0.860. The van der Waals surface area contributed by atoms with Gasteiger partial charge in [-0.1, -0.05) is 25.9 Å². The largest absolute Gasteiger partial charge is 0.479 e. The van der Waals surface area contributed by atoms with Crippen LogP contribution in [0.5, 0.6) is 0 Å². The number of esters is 1. The van der Waals surface area contributed by atoms with Crippen molar-refractivity contribution in [2.75, 3.05) is 25.9 Å². The summed E-state index contributed by atoms with van der Waals surface area (Å²) in [5.41, 5.74) is 7.08. The minimum Gasteiger partial charge on any atom is -0.437 e. The summed E-state index contributed by atoms with van der Waals surface area (Å²) in [6.45, 7) is 6.97. The number of aliphatic hydroxyl groups is 2. The Labute approximate surface area is 233 Å². The van der Waals surface area contributed by atoms with Crippen molar-refractivity contribution < 1.29 is 51.7 Å². The van der Waals surface area contributed by atoms with E-state index in [4.69, 9.17) is 39.0 Å². The molecule has 1 aliphatic carbocycles. The van der Waals surface area contributed by atoms with Crippen molar-refractivity contribution in [3.8, 4) is 0 Å². The molecular formula is C22H34FN6O11P. The number of anilines is 1. The third kappa shape index (κ3) is 6.56. The first kappa shape index (κ1) is 32.8. The molecule has 230 valence electrons. The lowest BCUT2D eigenvalue weighted by Gasteiger charge is -2.27. The Kier molecular flexibility index (Phi) is 9.25. The summed E-state index contributed by atoms with van der Waals surface area (Å²) < 4.78 is 60.9. The third-order valence-electron chi connectivity index (χ3n) is 6.38. The summed E-state index contributed by atoms with van der Waals surface area (Å²) >= 11 is 0. The number of aromatic nitrogens is 2. The molecule has 0 amide bonds. The van der Waals surface area contributed by atoms with E-state index in [1.165, 1.54) is 6.07 Å². The van der Waals surface area contributed by atoms with Gasteiger partial charge in [0.15, 0.2) is 25.5 Å². The fourth-order valence-corrected chi connectivity index (χ4v) is 4.81. The number of nitrogens with two attached hydrogens (primary N) is 1. The van der Waals surface area contributed by atoms with Gasteiger partial charge in [0.25, 0.3) is 0 Å². The van der Waals surface area contributed by atoms with E-state index in [0.29, 0.717) is 0 Å². The van der Waals surface area contributed by atoms with E-state index in [0.717, 1.165) is 10.8 Å². The van der Waals surface area contributed by atoms with Crippen LogP contribution in [0.4, 0.5) is 10.2 Å². The molecule has 41 heavy (non-hydrogen) atoms. The molecule has 2 aliphatic rings. The van der Waals surface area contributed by atoms with Crippen molar-refractivity contribution in [2.24, 2.45) is 15.9 Å². The van der Waals surface area contributed by atoms with Crippen LogP contribution in [-0.2, 0) is 37.1 Å². The zero-order valence-electron chi connectivity index (χ0n) is 23.3. The number of nitrogen functional groups attached to an aromatic ring is 1. The van der Waals surface area contributed by atoms with Crippen molar-refractivity contribution in [2.45, 2.75) is 77.5 Å². The Morgan fingerprint density at radius 2 is 1.95 bits per heavy atom. The Bertz CT molecular complexity index is 1300. The number of aliphatic hydroxyl groups excluding tert-OH is 1. The van der Waals surface area contributed by atoms with E-state index in [1.807, 2.05) is 0 Å². The van der Waals surface area contributed by atoms with Gasteiger partial charge in [-0.2, -0.15) is 4.98 Å². The van der Waals surface area contributed by atoms with E-state index in [9.17, 15) is 24.4 Å². The van der Waals surface area contributed by atoms with Gasteiger partial charge in [-0.15, -0.1) is 0 Å². The minimum absolute atomic E-state index is 0.144. The van der Waals surface area contributed by atoms with E-state index < -0.39 is 86.4 Å². The fraction of sp³-hybridized carbons (Fsp3) is 0.773. The number of ether oxygens (including phenoxy) is 3. The topological polar surface area (TPSA) is 240 Å². The maximum absolute atomic E-state index is 15.5. The van der Waals surface area contributed by atoms with E-state index >= 15 is 4.39 Å². The molecule has 3 unspecified atom stereocenters. The van der Waals surface area contributed by atoms with E-state index in [1.54, 1.807) is 41.5 Å². The standard InChI is InChI=1S/C22H34FN6O11P/c1-19(2,3)16(30)35-10-38-41(34,39-11-36-17(31)20(4,5)6)37-9-21-15(27-28-25)22(21,33)13(23)14(40-21)29-8-7-12(24)26-18(29)32/h7-8,13-16,30,33H,9-11H2,1-6H3,(H2,24,26,32)/t13-,14+,15?,16?,21-,22+,41?/m0/s1.